The summed E-state index contributed by atoms with van der Waals surface area (Å²) in [5.41, 5.74) is 1.28. The van der Waals surface area contributed by atoms with Crippen LogP contribution < -0.4 is 10.6 Å². The van der Waals surface area contributed by atoms with E-state index in [1.54, 1.807) is 18.2 Å². The van der Waals surface area contributed by atoms with Crippen molar-refractivity contribution in [2.24, 2.45) is 0 Å². The number of anilines is 1. The third-order valence-electron chi connectivity index (χ3n) is 3.38. The number of aromatic nitrogens is 2. The van der Waals surface area contributed by atoms with E-state index in [1.807, 2.05) is 14.1 Å². The van der Waals surface area contributed by atoms with Gasteiger partial charge in [-0.2, -0.15) is 0 Å². The van der Waals surface area contributed by atoms with Crippen LogP contribution >= 0.6 is 0 Å². The van der Waals surface area contributed by atoms with Gasteiger partial charge >= 0.3 is 0 Å². The molecule has 0 radical (unpaired) electrons. The van der Waals surface area contributed by atoms with Gasteiger partial charge in [0.15, 0.2) is 0 Å². The van der Waals surface area contributed by atoms with Gasteiger partial charge in [0, 0.05) is 25.7 Å². The summed E-state index contributed by atoms with van der Waals surface area (Å²) >= 11 is 0. The summed E-state index contributed by atoms with van der Waals surface area (Å²) in [6, 6.07) is 7.86. The summed E-state index contributed by atoms with van der Waals surface area (Å²) in [5, 5.41) is 5.95. The summed E-state index contributed by atoms with van der Waals surface area (Å²) < 4.78 is 12.8. The largest absolute Gasteiger partial charge is 0.369 e. The number of carbonyl (C=O) groups excluding carboxylic acids is 1. The van der Waals surface area contributed by atoms with Crippen molar-refractivity contribution in [3.63, 3.8) is 0 Å². The molecule has 24 heavy (non-hydrogen) atoms. The van der Waals surface area contributed by atoms with Crippen molar-refractivity contribution < 1.29 is 9.18 Å². The van der Waals surface area contributed by atoms with Gasteiger partial charge in [-0.3, -0.25) is 4.79 Å². The fourth-order valence-electron chi connectivity index (χ4n) is 2.05. The number of carbonyl (C=O) groups is 1. The van der Waals surface area contributed by atoms with Crippen LogP contribution in [0.2, 0.25) is 0 Å². The molecular weight excluding hydrogens is 309 g/mol. The summed E-state index contributed by atoms with van der Waals surface area (Å²) in [6.45, 7) is 2.05. The van der Waals surface area contributed by atoms with E-state index in [1.165, 1.54) is 18.5 Å². The number of nitrogens with zero attached hydrogens (tertiary/aromatic N) is 3. The van der Waals surface area contributed by atoms with Crippen molar-refractivity contribution in [3.8, 4) is 0 Å². The van der Waals surface area contributed by atoms with Crippen molar-refractivity contribution in [2.45, 2.75) is 6.42 Å². The second kappa shape index (κ2) is 8.93. The van der Waals surface area contributed by atoms with E-state index in [9.17, 15) is 9.18 Å². The molecule has 0 spiro atoms. The summed E-state index contributed by atoms with van der Waals surface area (Å²) in [6.07, 6.45) is 2.00. The van der Waals surface area contributed by atoms with E-state index >= 15 is 0 Å². The number of likely N-dealkylation sites (N-methyl/N-ethyl adjacent to an activating group) is 1. The van der Waals surface area contributed by atoms with Crippen LogP contribution in [0.5, 0.6) is 0 Å². The molecule has 1 aromatic carbocycles. The molecule has 128 valence electrons. The SMILES string of the molecule is CN(C)CCNc1cc(C(=O)NCCc2ccc(F)cc2)ncn1. The molecule has 0 unspecified atom stereocenters. The van der Waals surface area contributed by atoms with Crippen molar-refractivity contribution in [1.82, 2.24) is 20.2 Å². The van der Waals surface area contributed by atoms with Crippen LogP contribution in [0.3, 0.4) is 0 Å². The van der Waals surface area contributed by atoms with Crippen molar-refractivity contribution >= 4 is 11.7 Å². The molecule has 0 bridgehead atoms. The maximum atomic E-state index is 12.8. The second-order valence-electron chi connectivity index (χ2n) is 5.65. The fraction of sp³-hybridized carbons (Fsp3) is 0.353. The average molecular weight is 331 g/mol. The van der Waals surface area contributed by atoms with Gasteiger partial charge in [0.25, 0.3) is 5.91 Å². The summed E-state index contributed by atoms with van der Waals surface area (Å²) in [5.74, 6) is 0.101. The monoisotopic (exact) mass is 331 g/mol. The molecule has 1 amide bonds. The molecule has 0 atom stereocenters. The number of rotatable bonds is 8. The molecule has 1 aromatic heterocycles. The molecule has 0 fully saturated rings. The van der Waals surface area contributed by atoms with Crippen LogP contribution in [-0.4, -0.2) is 54.5 Å². The quantitative estimate of drug-likeness (QED) is 0.768. The Labute approximate surface area is 141 Å². The molecule has 0 saturated heterocycles. The first-order valence-electron chi connectivity index (χ1n) is 7.78. The van der Waals surface area contributed by atoms with Gasteiger partial charge in [-0.15, -0.1) is 0 Å². The lowest BCUT2D eigenvalue weighted by molar-refractivity contribution is 0.0949. The lowest BCUT2D eigenvalue weighted by Gasteiger charge is -2.11. The number of amides is 1. The Morgan fingerprint density at radius 1 is 1.17 bits per heavy atom. The minimum Gasteiger partial charge on any atom is -0.369 e. The number of halogens is 1. The minimum absolute atomic E-state index is 0.254. The third kappa shape index (κ3) is 5.92. The molecule has 2 N–H and O–H groups in total. The van der Waals surface area contributed by atoms with Crippen LogP contribution in [-0.2, 0) is 6.42 Å². The van der Waals surface area contributed by atoms with Crippen molar-refractivity contribution in [3.05, 3.63) is 53.7 Å². The second-order valence-corrected chi connectivity index (χ2v) is 5.65. The zero-order valence-corrected chi connectivity index (χ0v) is 13.9. The highest BCUT2D eigenvalue weighted by atomic mass is 19.1. The summed E-state index contributed by atoms with van der Waals surface area (Å²) in [4.78, 5) is 22.3. The summed E-state index contributed by atoms with van der Waals surface area (Å²) in [7, 11) is 3.98. The first-order chi connectivity index (χ1) is 11.5. The van der Waals surface area contributed by atoms with E-state index in [-0.39, 0.29) is 11.7 Å². The van der Waals surface area contributed by atoms with E-state index in [0.29, 0.717) is 24.5 Å². The molecule has 2 aromatic rings. The third-order valence-corrected chi connectivity index (χ3v) is 3.38. The number of hydrogen-bond donors (Lipinski definition) is 2. The van der Waals surface area contributed by atoms with E-state index in [4.69, 9.17) is 0 Å². The van der Waals surface area contributed by atoms with E-state index in [2.05, 4.69) is 25.5 Å². The topological polar surface area (TPSA) is 70.2 Å². The Morgan fingerprint density at radius 3 is 2.62 bits per heavy atom. The smallest absolute Gasteiger partial charge is 0.270 e. The van der Waals surface area contributed by atoms with Crippen LogP contribution in [0.1, 0.15) is 16.1 Å². The fourth-order valence-corrected chi connectivity index (χ4v) is 2.05. The average Bonchev–Trinajstić information content (AvgIpc) is 2.56. The van der Waals surface area contributed by atoms with Gasteiger partial charge < -0.3 is 15.5 Å². The highest BCUT2D eigenvalue weighted by Crippen LogP contribution is 2.05. The highest BCUT2D eigenvalue weighted by Gasteiger charge is 2.08. The predicted molar refractivity (Wildman–Crippen MR) is 91.5 cm³/mol. The van der Waals surface area contributed by atoms with Crippen molar-refractivity contribution in [1.29, 1.82) is 0 Å². The molecule has 0 aliphatic heterocycles. The maximum absolute atomic E-state index is 12.8. The van der Waals surface area contributed by atoms with Gasteiger partial charge in [0.2, 0.25) is 0 Å². The molecule has 1 heterocycles. The Balaban J connectivity index is 1.82. The first kappa shape index (κ1) is 17.8. The van der Waals surface area contributed by atoms with Crippen LogP contribution in [0, 0.1) is 5.82 Å². The Bertz CT molecular complexity index is 660. The van der Waals surface area contributed by atoms with Crippen LogP contribution in [0.15, 0.2) is 36.7 Å². The molecule has 0 aliphatic rings. The Kier molecular flexibility index (Phi) is 6.62. The number of benzene rings is 1. The van der Waals surface area contributed by atoms with Crippen LogP contribution in [0.4, 0.5) is 10.2 Å². The highest BCUT2D eigenvalue weighted by molar-refractivity contribution is 5.92. The predicted octanol–water partition coefficient (Wildman–Crippen LogP) is 1.56. The number of nitrogens with one attached hydrogen (secondary N) is 2. The normalized spacial score (nSPS) is 10.7. The standard InChI is InChI=1S/C17H22FN5O/c1-23(2)10-9-19-16-11-15(21-12-22-16)17(24)20-8-7-13-3-5-14(18)6-4-13/h3-6,11-12H,7-10H2,1-2H3,(H,20,24)(H,19,21,22). The number of hydrogen-bond acceptors (Lipinski definition) is 5. The lowest BCUT2D eigenvalue weighted by atomic mass is 10.1. The molecule has 2 rings (SSSR count). The minimum atomic E-state index is -0.266. The Hall–Kier alpha value is -2.54. The van der Waals surface area contributed by atoms with E-state index in [0.717, 1.165) is 18.7 Å². The molecule has 6 nitrogen and oxygen atoms in total. The van der Waals surface area contributed by atoms with Gasteiger partial charge in [-0.25, -0.2) is 14.4 Å². The van der Waals surface area contributed by atoms with Gasteiger partial charge in [-0.1, -0.05) is 12.1 Å². The molecular formula is C17H22FN5O. The first-order valence-corrected chi connectivity index (χ1v) is 7.78. The molecule has 7 heteroatoms. The zero-order valence-electron chi connectivity index (χ0n) is 13.9. The molecule has 0 aliphatic carbocycles. The molecule has 0 saturated carbocycles. The van der Waals surface area contributed by atoms with E-state index < -0.39 is 0 Å². The van der Waals surface area contributed by atoms with Crippen LogP contribution in [0.25, 0.3) is 0 Å². The van der Waals surface area contributed by atoms with Gasteiger partial charge in [0.05, 0.1) is 0 Å². The zero-order chi connectivity index (χ0) is 17.4. The van der Waals surface area contributed by atoms with Gasteiger partial charge in [0.1, 0.15) is 23.7 Å². The Morgan fingerprint density at radius 2 is 1.92 bits per heavy atom. The van der Waals surface area contributed by atoms with Gasteiger partial charge in [-0.05, 0) is 38.2 Å². The lowest BCUT2D eigenvalue weighted by Crippen LogP contribution is -2.27. The van der Waals surface area contributed by atoms with Crippen molar-refractivity contribution in [2.75, 3.05) is 39.0 Å². The maximum Gasteiger partial charge on any atom is 0.270 e.